The molecule has 0 aliphatic carbocycles. The van der Waals surface area contributed by atoms with Gasteiger partial charge in [-0.15, -0.1) is 0 Å². The molecule has 0 spiro atoms. The van der Waals surface area contributed by atoms with Crippen molar-refractivity contribution in [3.8, 4) is 17.3 Å². The molecular formula is C21H19FN6O2. The smallest absolute Gasteiger partial charge is 0.275 e. The van der Waals surface area contributed by atoms with Crippen molar-refractivity contribution in [1.29, 1.82) is 0 Å². The number of benzene rings is 1. The van der Waals surface area contributed by atoms with Crippen LogP contribution in [0.3, 0.4) is 0 Å². The number of aryl methyl sites for hydroxylation is 1. The number of nitrogens with zero attached hydrogens (tertiary/aromatic N) is 5. The fourth-order valence-corrected chi connectivity index (χ4v) is 2.82. The lowest BCUT2D eigenvalue weighted by atomic mass is 10.2. The number of halogens is 1. The number of carbonyl (C=O) groups is 1. The Bertz CT molecular complexity index is 1210. The van der Waals surface area contributed by atoms with E-state index in [1.165, 1.54) is 24.7 Å². The van der Waals surface area contributed by atoms with E-state index in [4.69, 9.17) is 4.52 Å². The summed E-state index contributed by atoms with van der Waals surface area (Å²) < 4.78 is 20.5. The summed E-state index contributed by atoms with van der Waals surface area (Å²) in [7, 11) is 0. The summed E-state index contributed by atoms with van der Waals surface area (Å²) in [6.45, 7) is 5.73. The van der Waals surface area contributed by atoms with E-state index in [1.807, 2.05) is 13.8 Å². The first kappa shape index (κ1) is 19.4. The predicted molar refractivity (Wildman–Crippen MR) is 108 cm³/mol. The fraction of sp³-hybridized carbons (Fsp3) is 0.190. The molecule has 9 heteroatoms. The van der Waals surface area contributed by atoms with Gasteiger partial charge in [-0.2, -0.15) is 4.98 Å². The zero-order valence-corrected chi connectivity index (χ0v) is 16.6. The lowest BCUT2D eigenvalue weighted by molar-refractivity contribution is 0.102. The van der Waals surface area contributed by atoms with Crippen molar-refractivity contribution in [2.24, 2.45) is 0 Å². The molecule has 0 unspecified atom stereocenters. The quantitative estimate of drug-likeness (QED) is 0.535. The molecule has 8 nitrogen and oxygen atoms in total. The molecule has 4 aromatic rings. The summed E-state index contributed by atoms with van der Waals surface area (Å²) in [4.78, 5) is 25.5. The number of rotatable bonds is 5. The molecule has 1 N–H and O–H groups in total. The maximum absolute atomic E-state index is 13.5. The van der Waals surface area contributed by atoms with Crippen LogP contribution in [0.25, 0.3) is 17.3 Å². The first-order chi connectivity index (χ1) is 14.4. The lowest BCUT2D eigenvalue weighted by Gasteiger charge is -2.07. The van der Waals surface area contributed by atoms with Gasteiger partial charge in [-0.3, -0.25) is 9.36 Å². The summed E-state index contributed by atoms with van der Waals surface area (Å²) in [5, 5.41) is 6.67. The highest BCUT2D eigenvalue weighted by molar-refractivity contribution is 6.03. The zero-order chi connectivity index (χ0) is 21.3. The Balaban J connectivity index is 1.63. The van der Waals surface area contributed by atoms with Crippen LogP contribution in [0.5, 0.6) is 0 Å². The largest absolute Gasteiger partial charge is 0.334 e. The van der Waals surface area contributed by atoms with Gasteiger partial charge in [-0.25, -0.2) is 14.4 Å². The van der Waals surface area contributed by atoms with Crippen LogP contribution in [-0.4, -0.2) is 30.6 Å². The number of imidazole rings is 1. The van der Waals surface area contributed by atoms with E-state index >= 15 is 0 Å². The van der Waals surface area contributed by atoms with Gasteiger partial charge in [0.25, 0.3) is 11.8 Å². The van der Waals surface area contributed by atoms with Crippen LogP contribution >= 0.6 is 0 Å². The third-order valence-corrected chi connectivity index (χ3v) is 4.48. The Morgan fingerprint density at radius 1 is 1.23 bits per heavy atom. The Morgan fingerprint density at radius 2 is 2.07 bits per heavy atom. The van der Waals surface area contributed by atoms with Gasteiger partial charge < -0.3 is 9.84 Å². The van der Waals surface area contributed by atoms with Crippen molar-refractivity contribution < 1.29 is 13.7 Å². The number of carbonyl (C=O) groups excluding carboxylic acids is 1. The average molecular weight is 406 g/mol. The molecule has 0 fully saturated rings. The molecule has 1 amide bonds. The topological polar surface area (TPSA) is 98.7 Å². The Labute approximate surface area is 171 Å². The van der Waals surface area contributed by atoms with E-state index in [1.54, 1.807) is 35.9 Å². The second-order valence-electron chi connectivity index (χ2n) is 7.07. The van der Waals surface area contributed by atoms with Crippen LogP contribution in [-0.2, 0) is 0 Å². The lowest BCUT2D eigenvalue weighted by Crippen LogP contribution is -2.13. The molecule has 3 heterocycles. The standard InChI is InChI=1S/C21H19FN6O2/c1-12(2)18-26-21(30-27-18)15-5-4-8-23-19(15)28-10-17(24-11-28)20(29)25-16-9-14(22)7-6-13(16)3/h4-12H,1-3H3,(H,25,29). The number of amides is 1. The maximum Gasteiger partial charge on any atom is 0.275 e. The van der Waals surface area contributed by atoms with E-state index in [-0.39, 0.29) is 11.6 Å². The molecule has 30 heavy (non-hydrogen) atoms. The fourth-order valence-electron chi connectivity index (χ4n) is 2.82. The summed E-state index contributed by atoms with van der Waals surface area (Å²) in [6, 6.07) is 7.76. The van der Waals surface area contributed by atoms with Crippen molar-refractivity contribution in [1.82, 2.24) is 24.7 Å². The number of aromatic nitrogens is 5. The maximum atomic E-state index is 13.5. The van der Waals surface area contributed by atoms with Crippen molar-refractivity contribution in [3.05, 3.63) is 72.0 Å². The van der Waals surface area contributed by atoms with Gasteiger partial charge in [0.2, 0.25) is 0 Å². The second-order valence-corrected chi connectivity index (χ2v) is 7.07. The van der Waals surface area contributed by atoms with E-state index in [0.29, 0.717) is 28.8 Å². The van der Waals surface area contributed by atoms with Gasteiger partial charge in [0.15, 0.2) is 11.6 Å². The van der Waals surface area contributed by atoms with Crippen LogP contribution in [0.4, 0.5) is 10.1 Å². The molecule has 0 radical (unpaired) electrons. The molecule has 0 saturated heterocycles. The minimum atomic E-state index is -0.459. The van der Waals surface area contributed by atoms with Crippen molar-refractivity contribution in [3.63, 3.8) is 0 Å². The van der Waals surface area contributed by atoms with Gasteiger partial charge in [-0.05, 0) is 36.8 Å². The van der Waals surface area contributed by atoms with Gasteiger partial charge in [0, 0.05) is 24.0 Å². The number of pyridine rings is 1. The molecule has 0 aliphatic rings. The van der Waals surface area contributed by atoms with Gasteiger partial charge in [0.1, 0.15) is 17.8 Å². The summed E-state index contributed by atoms with van der Waals surface area (Å²) in [5.41, 5.74) is 1.90. The van der Waals surface area contributed by atoms with Crippen LogP contribution in [0.2, 0.25) is 0 Å². The van der Waals surface area contributed by atoms with Crippen LogP contribution in [0.15, 0.2) is 53.6 Å². The van der Waals surface area contributed by atoms with Gasteiger partial charge in [0.05, 0.1) is 5.56 Å². The van der Waals surface area contributed by atoms with Crippen molar-refractivity contribution in [2.75, 3.05) is 5.32 Å². The number of hydrogen-bond donors (Lipinski definition) is 1. The zero-order valence-electron chi connectivity index (χ0n) is 16.6. The molecule has 0 atom stereocenters. The minimum absolute atomic E-state index is 0.123. The summed E-state index contributed by atoms with van der Waals surface area (Å²) in [6.07, 6.45) is 4.63. The van der Waals surface area contributed by atoms with Crippen molar-refractivity contribution >= 4 is 11.6 Å². The number of nitrogens with one attached hydrogen (secondary N) is 1. The first-order valence-electron chi connectivity index (χ1n) is 9.33. The van der Waals surface area contributed by atoms with E-state index < -0.39 is 11.7 Å². The highest BCUT2D eigenvalue weighted by Gasteiger charge is 2.18. The third kappa shape index (κ3) is 3.82. The predicted octanol–water partition coefficient (Wildman–Crippen LogP) is 4.14. The van der Waals surface area contributed by atoms with Crippen LogP contribution in [0, 0.1) is 12.7 Å². The number of anilines is 1. The highest BCUT2D eigenvalue weighted by Crippen LogP contribution is 2.25. The van der Waals surface area contributed by atoms with Gasteiger partial charge >= 0.3 is 0 Å². The minimum Gasteiger partial charge on any atom is -0.334 e. The SMILES string of the molecule is Cc1ccc(F)cc1NC(=O)c1cn(-c2ncccc2-c2nc(C(C)C)no2)cn1. The molecule has 152 valence electrons. The first-order valence-corrected chi connectivity index (χ1v) is 9.33. The third-order valence-electron chi connectivity index (χ3n) is 4.48. The Hall–Kier alpha value is -3.88. The average Bonchev–Trinajstić information content (AvgIpc) is 3.41. The van der Waals surface area contributed by atoms with Crippen LogP contribution < -0.4 is 5.32 Å². The summed E-state index contributed by atoms with van der Waals surface area (Å²) >= 11 is 0. The molecule has 3 aromatic heterocycles. The monoisotopic (exact) mass is 406 g/mol. The Morgan fingerprint density at radius 3 is 2.83 bits per heavy atom. The second kappa shape index (κ2) is 7.86. The molecule has 4 rings (SSSR count). The highest BCUT2D eigenvalue weighted by atomic mass is 19.1. The Kier molecular flexibility index (Phi) is 5.09. The number of hydrogen-bond acceptors (Lipinski definition) is 6. The van der Waals surface area contributed by atoms with Gasteiger partial charge in [-0.1, -0.05) is 25.1 Å². The molecule has 0 bridgehead atoms. The molecule has 0 aliphatic heterocycles. The van der Waals surface area contributed by atoms with Crippen LogP contribution in [0.1, 0.15) is 41.6 Å². The molecule has 0 saturated carbocycles. The van der Waals surface area contributed by atoms with E-state index in [2.05, 4.69) is 25.4 Å². The normalized spacial score (nSPS) is 11.1. The van der Waals surface area contributed by atoms with E-state index in [0.717, 1.165) is 5.56 Å². The molecular weight excluding hydrogens is 387 g/mol. The summed E-state index contributed by atoms with van der Waals surface area (Å²) in [5.74, 6) is 0.648. The molecule has 1 aromatic carbocycles. The van der Waals surface area contributed by atoms with E-state index in [9.17, 15) is 9.18 Å². The van der Waals surface area contributed by atoms with Crippen molar-refractivity contribution in [2.45, 2.75) is 26.7 Å².